The fraction of sp³-hybridized carbons (Fsp3) is 0.308. The molecule has 1 heterocycles. The van der Waals surface area contributed by atoms with Gasteiger partial charge in [-0.05, 0) is 24.6 Å². The Hall–Kier alpha value is -1.69. The predicted octanol–water partition coefficient (Wildman–Crippen LogP) is 2.30. The Bertz CT molecular complexity index is 570. The summed E-state index contributed by atoms with van der Waals surface area (Å²) in [5.74, 6) is -2.23. The van der Waals surface area contributed by atoms with Gasteiger partial charge in [0.2, 0.25) is 0 Å². The number of hydrogen-bond acceptors (Lipinski definition) is 3. The summed E-state index contributed by atoms with van der Waals surface area (Å²) in [5, 5.41) is 9.18. The van der Waals surface area contributed by atoms with Gasteiger partial charge in [0.1, 0.15) is 6.04 Å². The zero-order chi connectivity index (χ0) is 14.2. The number of carboxylic acid groups (broad SMARTS) is 1. The summed E-state index contributed by atoms with van der Waals surface area (Å²) in [5.41, 5.74) is 0.511. The van der Waals surface area contributed by atoms with Gasteiger partial charge < -0.3 is 5.11 Å². The van der Waals surface area contributed by atoms with E-state index in [1.165, 1.54) is 6.07 Å². The van der Waals surface area contributed by atoms with Crippen molar-refractivity contribution < 1.29 is 19.5 Å². The lowest BCUT2D eigenvalue weighted by atomic mass is 10.1. The molecular weight excluding hydrogens is 314 g/mol. The molecule has 2 rings (SSSR count). The normalized spacial score (nSPS) is 15.6. The third kappa shape index (κ3) is 2.28. The van der Waals surface area contributed by atoms with E-state index in [0.717, 1.165) is 4.90 Å². The highest BCUT2D eigenvalue weighted by Crippen LogP contribution is 2.28. The molecule has 0 saturated carbocycles. The number of carbonyl (C=O) groups is 3. The maximum atomic E-state index is 12.2. The van der Waals surface area contributed by atoms with Gasteiger partial charge in [-0.1, -0.05) is 29.3 Å². The summed E-state index contributed by atoms with van der Waals surface area (Å²) >= 11 is 3.23. The van der Waals surface area contributed by atoms with Crippen molar-refractivity contribution in [3.63, 3.8) is 0 Å². The van der Waals surface area contributed by atoms with Crippen LogP contribution in [0.25, 0.3) is 0 Å². The highest BCUT2D eigenvalue weighted by Gasteiger charge is 2.42. The first-order valence-corrected chi connectivity index (χ1v) is 6.67. The molecular formula is C13H12BrNO4. The third-order valence-electron chi connectivity index (χ3n) is 3.04. The van der Waals surface area contributed by atoms with Crippen molar-refractivity contribution in [2.45, 2.75) is 25.8 Å². The number of carbonyl (C=O) groups excluding carboxylic acids is 2. The Kier molecular flexibility index (Phi) is 3.71. The third-order valence-corrected chi connectivity index (χ3v) is 3.53. The van der Waals surface area contributed by atoms with E-state index in [1.807, 2.05) is 6.92 Å². The maximum absolute atomic E-state index is 12.2. The summed E-state index contributed by atoms with van der Waals surface area (Å²) in [6.07, 6.45) is 0.829. The molecule has 1 N–H and O–H groups in total. The van der Waals surface area contributed by atoms with Crippen molar-refractivity contribution in [1.82, 2.24) is 4.90 Å². The molecule has 0 saturated heterocycles. The number of amides is 2. The molecule has 0 radical (unpaired) electrons. The minimum absolute atomic E-state index is 0.252. The molecule has 0 fully saturated rings. The highest BCUT2D eigenvalue weighted by atomic mass is 79.9. The standard InChI is InChI=1S/C13H12BrNO4/c1-2-3-10(13(18)19)15-11(16)8-5-4-7(14)6-9(8)12(15)17/h4-6,10H,2-3H2,1H3,(H,18,19). The lowest BCUT2D eigenvalue weighted by Crippen LogP contribution is -2.44. The largest absolute Gasteiger partial charge is 0.480 e. The second-order valence-electron chi connectivity index (χ2n) is 4.31. The Morgan fingerprint density at radius 3 is 2.53 bits per heavy atom. The molecule has 1 aliphatic heterocycles. The minimum Gasteiger partial charge on any atom is -0.480 e. The Morgan fingerprint density at radius 1 is 1.32 bits per heavy atom. The van der Waals surface area contributed by atoms with Crippen LogP contribution in [0, 0.1) is 0 Å². The average molecular weight is 326 g/mol. The van der Waals surface area contributed by atoms with Crippen LogP contribution in [0.3, 0.4) is 0 Å². The van der Waals surface area contributed by atoms with Crippen LogP contribution in [0.1, 0.15) is 40.5 Å². The van der Waals surface area contributed by atoms with Gasteiger partial charge in [-0.25, -0.2) is 4.79 Å². The summed E-state index contributed by atoms with van der Waals surface area (Å²) in [6.45, 7) is 1.81. The average Bonchev–Trinajstić information content (AvgIpc) is 2.59. The first-order valence-electron chi connectivity index (χ1n) is 5.87. The molecule has 0 spiro atoms. The molecule has 100 valence electrons. The van der Waals surface area contributed by atoms with Gasteiger partial charge in [0, 0.05) is 4.47 Å². The van der Waals surface area contributed by atoms with E-state index in [0.29, 0.717) is 10.9 Å². The number of imide groups is 1. The Balaban J connectivity index is 2.44. The first-order chi connectivity index (χ1) is 8.97. The van der Waals surface area contributed by atoms with Crippen LogP contribution in [-0.4, -0.2) is 33.8 Å². The minimum atomic E-state index is -1.16. The lowest BCUT2D eigenvalue weighted by molar-refractivity contribution is -0.141. The second-order valence-corrected chi connectivity index (χ2v) is 5.23. The van der Waals surface area contributed by atoms with Crippen LogP contribution < -0.4 is 0 Å². The van der Waals surface area contributed by atoms with Gasteiger partial charge in [0.25, 0.3) is 11.8 Å². The number of carboxylic acids is 1. The van der Waals surface area contributed by atoms with Gasteiger partial charge in [0.05, 0.1) is 11.1 Å². The number of aliphatic carboxylic acids is 1. The van der Waals surface area contributed by atoms with Crippen LogP contribution in [0.4, 0.5) is 0 Å². The van der Waals surface area contributed by atoms with Crippen LogP contribution in [0.15, 0.2) is 22.7 Å². The van der Waals surface area contributed by atoms with Crippen LogP contribution in [-0.2, 0) is 4.79 Å². The van der Waals surface area contributed by atoms with Crippen molar-refractivity contribution in [2.24, 2.45) is 0 Å². The van der Waals surface area contributed by atoms with Crippen molar-refractivity contribution in [2.75, 3.05) is 0 Å². The lowest BCUT2D eigenvalue weighted by Gasteiger charge is -2.21. The first kappa shape index (κ1) is 13.7. The summed E-state index contributed by atoms with van der Waals surface area (Å²) in [7, 11) is 0. The number of benzene rings is 1. The molecule has 1 unspecified atom stereocenters. The van der Waals surface area contributed by atoms with E-state index in [1.54, 1.807) is 12.1 Å². The van der Waals surface area contributed by atoms with E-state index >= 15 is 0 Å². The van der Waals surface area contributed by atoms with E-state index in [4.69, 9.17) is 0 Å². The molecule has 2 amide bonds. The SMILES string of the molecule is CCCC(C(=O)O)N1C(=O)c2ccc(Br)cc2C1=O. The molecule has 19 heavy (non-hydrogen) atoms. The van der Waals surface area contributed by atoms with E-state index in [9.17, 15) is 19.5 Å². The molecule has 5 nitrogen and oxygen atoms in total. The second kappa shape index (κ2) is 5.13. The molecule has 0 bridgehead atoms. The molecule has 1 aromatic rings. The topological polar surface area (TPSA) is 74.7 Å². The van der Waals surface area contributed by atoms with E-state index in [-0.39, 0.29) is 17.5 Å². The Morgan fingerprint density at radius 2 is 1.95 bits per heavy atom. The van der Waals surface area contributed by atoms with Crippen molar-refractivity contribution >= 4 is 33.7 Å². The van der Waals surface area contributed by atoms with Gasteiger partial charge in [-0.15, -0.1) is 0 Å². The maximum Gasteiger partial charge on any atom is 0.326 e. The van der Waals surface area contributed by atoms with Gasteiger partial charge in [-0.2, -0.15) is 0 Å². The fourth-order valence-corrected chi connectivity index (χ4v) is 2.51. The number of fused-ring (bicyclic) bond motifs is 1. The number of nitrogens with zero attached hydrogens (tertiary/aromatic N) is 1. The number of hydrogen-bond donors (Lipinski definition) is 1. The van der Waals surface area contributed by atoms with Crippen molar-refractivity contribution in [3.8, 4) is 0 Å². The van der Waals surface area contributed by atoms with Crippen LogP contribution in [0.5, 0.6) is 0 Å². The fourth-order valence-electron chi connectivity index (χ4n) is 2.15. The zero-order valence-corrected chi connectivity index (χ0v) is 11.8. The van der Waals surface area contributed by atoms with E-state index in [2.05, 4.69) is 15.9 Å². The molecule has 0 aromatic heterocycles. The van der Waals surface area contributed by atoms with Crippen LogP contribution in [0.2, 0.25) is 0 Å². The molecule has 1 atom stereocenters. The molecule has 6 heteroatoms. The van der Waals surface area contributed by atoms with Crippen LogP contribution >= 0.6 is 15.9 Å². The predicted molar refractivity (Wildman–Crippen MR) is 71.0 cm³/mol. The van der Waals surface area contributed by atoms with Crippen molar-refractivity contribution in [3.05, 3.63) is 33.8 Å². The van der Waals surface area contributed by atoms with Gasteiger partial charge in [-0.3, -0.25) is 14.5 Å². The smallest absolute Gasteiger partial charge is 0.326 e. The summed E-state index contributed by atoms with van der Waals surface area (Å²) < 4.78 is 0.677. The van der Waals surface area contributed by atoms with Crippen molar-refractivity contribution in [1.29, 1.82) is 0 Å². The molecule has 1 aliphatic rings. The quantitative estimate of drug-likeness (QED) is 0.862. The highest BCUT2D eigenvalue weighted by molar-refractivity contribution is 9.10. The number of rotatable bonds is 4. The summed E-state index contributed by atoms with van der Waals surface area (Å²) in [4.78, 5) is 36.4. The number of halogens is 1. The Labute approximate surface area is 118 Å². The monoisotopic (exact) mass is 325 g/mol. The van der Waals surface area contributed by atoms with Gasteiger partial charge >= 0.3 is 5.97 Å². The zero-order valence-electron chi connectivity index (χ0n) is 10.2. The molecule has 0 aliphatic carbocycles. The molecule has 1 aromatic carbocycles. The summed E-state index contributed by atoms with van der Waals surface area (Å²) in [6, 6.07) is 3.63. The van der Waals surface area contributed by atoms with E-state index < -0.39 is 23.8 Å². The van der Waals surface area contributed by atoms with Gasteiger partial charge in [0.15, 0.2) is 0 Å².